The maximum atomic E-state index is 11.5. The fourth-order valence-electron chi connectivity index (χ4n) is 1.20. The molecule has 1 aromatic heterocycles. The van der Waals surface area contributed by atoms with Crippen LogP contribution < -0.4 is 5.32 Å². The molecule has 1 rings (SSSR count). The van der Waals surface area contributed by atoms with Crippen LogP contribution >= 0.6 is 11.3 Å². The topological polar surface area (TPSA) is 79.3 Å². The van der Waals surface area contributed by atoms with E-state index in [-0.39, 0.29) is 12.3 Å². The predicted octanol–water partition coefficient (Wildman–Crippen LogP) is 2.14. The van der Waals surface area contributed by atoms with Crippen molar-refractivity contribution >= 4 is 28.3 Å². The van der Waals surface area contributed by atoms with Crippen LogP contribution in [-0.2, 0) is 16.0 Å². The molecule has 94 valence electrons. The molecule has 0 aliphatic heterocycles. The average Bonchev–Trinajstić information content (AvgIpc) is 2.61. The average molecular weight is 256 g/mol. The van der Waals surface area contributed by atoms with Crippen LogP contribution in [0.2, 0.25) is 0 Å². The van der Waals surface area contributed by atoms with Crippen molar-refractivity contribution in [2.24, 2.45) is 5.92 Å². The molecule has 0 bridgehead atoms. The van der Waals surface area contributed by atoms with Crippen molar-refractivity contribution in [1.82, 2.24) is 4.98 Å². The molecule has 0 unspecified atom stereocenters. The van der Waals surface area contributed by atoms with Crippen LogP contribution in [-0.4, -0.2) is 22.0 Å². The number of aliphatic carboxylic acids is 1. The molecule has 0 aromatic carbocycles. The number of hydrogen-bond donors (Lipinski definition) is 2. The monoisotopic (exact) mass is 256 g/mol. The van der Waals surface area contributed by atoms with E-state index in [0.717, 1.165) is 6.42 Å². The summed E-state index contributed by atoms with van der Waals surface area (Å²) < 4.78 is 0. The van der Waals surface area contributed by atoms with Crippen molar-refractivity contribution in [2.75, 3.05) is 5.32 Å². The molecule has 17 heavy (non-hydrogen) atoms. The van der Waals surface area contributed by atoms with Crippen molar-refractivity contribution in [2.45, 2.75) is 33.1 Å². The van der Waals surface area contributed by atoms with Crippen LogP contribution in [0.4, 0.5) is 5.13 Å². The van der Waals surface area contributed by atoms with E-state index in [1.807, 2.05) is 0 Å². The Hall–Kier alpha value is -1.43. The largest absolute Gasteiger partial charge is 0.481 e. The number of hydrogen-bond acceptors (Lipinski definition) is 4. The molecule has 0 atom stereocenters. The summed E-state index contributed by atoms with van der Waals surface area (Å²) in [4.78, 5) is 26.0. The van der Waals surface area contributed by atoms with Gasteiger partial charge in [-0.25, -0.2) is 4.98 Å². The maximum Gasteiger partial charge on any atom is 0.309 e. The quantitative estimate of drug-likeness (QED) is 0.817. The highest BCUT2D eigenvalue weighted by molar-refractivity contribution is 7.13. The van der Waals surface area contributed by atoms with E-state index in [2.05, 4.69) is 24.1 Å². The summed E-state index contributed by atoms with van der Waals surface area (Å²) in [5.74, 6) is -0.512. The van der Waals surface area contributed by atoms with E-state index in [9.17, 15) is 9.59 Å². The molecule has 1 aromatic rings. The van der Waals surface area contributed by atoms with Crippen molar-refractivity contribution in [3.63, 3.8) is 0 Å². The summed E-state index contributed by atoms with van der Waals surface area (Å²) in [5, 5.41) is 13.4. The van der Waals surface area contributed by atoms with Crippen LogP contribution in [0.3, 0.4) is 0 Å². The van der Waals surface area contributed by atoms with Crippen LogP contribution in [0.5, 0.6) is 0 Å². The second-order valence-electron chi connectivity index (χ2n) is 4.20. The normalized spacial score (nSPS) is 10.5. The highest BCUT2D eigenvalue weighted by Crippen LogP contribution is 2.16. The van der Waals surface area contributed by atoms with Gasteiger partial charge < -0.3 is 10.4 Å². The summed E-state index contributed by atoms with van der Waals surface area (Å²) in [6.07, 6.45) is 1.18. The Kier molecular flexibility index (Phi) is 5.09. The molecule has 0 saturated heterocycles. The Balaban J connectivity index is 2.43. The summed E-state index contributed by atoms with van der Waals surface area (Å²) >= 11 is 1.25. The van der Waals surface area contributed by atoms with Crippen molar-refractivity contribution in [3.8, 4) is 0 Å². The minimum atomic E-state index is -0.923. The number of rotatable bonds is 6. The van der Waals surface area contributed by atoms with Gasteiger partial charge in [0.25, 0.3) is 0 Å². The molecule has 1 amide bonds. The zero-order valence-electron chi connectivity index (χ0n) is 9.90. The second kappa shape index (κ2) is 6.34. The molecular weight excluding hydrogens is 240 g/mol. The van der Waals surface area contributed by atoms with Gasteiger partial charge in [0.15, 0.2) is 5.13 Å². The van der Waals surface area contributed by atoms with Gasteiger partial charge in [-0.2, -0.15) is 0 Å². The summed E-state index contributed by atoms with van der Waals surface area (Å²) in [6, 6.07) is 0. The van der Waals surface area contributed by atoms with Gasteiger partial charge in [-0.15, -0.1) is 11.3 Å². The first-order chi connectivity index (χ1) is 7.97. The van der Waals surface area contributed by atoms with Gasteiger partial charge in [0.2, 0.25) is 5.91 Å². The van der Waals surface area contributed by atoms with Crippen molar-refractivity contribution < 1.29 is 14.7 Å². The Labute approximate surface area is 104 Å². The number of carboxylic acids is 1. The first-order valence-electron chi connectivity index (χ1n) is 5.43. The molecule has 0 spiro atoms. The third kappa shape index (κ3) is 5.44. The van der Waals surface area contributed by atoms with Crippen LogP contribution in [0.15, 0.2) is 5.38 Å². The zero-order valence-corrected chi connectivity index (χ0v) is 10.7. The number of carboxylic acid groups (broad SMARTS) is 1. The lowest BCUT2D eigenvalue weighted by Crippen LogP contribution is -2.12. The molecule has 1 heterocycles. The summed E-state index contributed by atoms with van der Waals surface area (Å²) in [5.41, 5.74) is 0.474. The third-order valence-corrected chi connectivity index (χ3v) is 2.89. The Morgan fingerprint density at radius 1 is 1.53 bits per heavy atom. The number of anilines is 1. The van der Waals surface area contributed by atoms with Gasteiger partial charge in [-0.05, 0) is 12.3 Å². The lowest BCUT2D eigenvalue weighted by Gasteiger charge is -2.03. The number of nitrogens with one attached hydrogen (secondary N) is 1. The standard InChI is InChI=1S/C11H16N2O3S/c1-7(2)3-4-9(14)13-11-12-8(6-17-11)5-10(15)16/h6-7H,3-5H2,1-2H3,(H,15,16)(H,12,13,14). The molecule has 0 aliphatic rings. The molecule has 5 nitrogen and oxygen atoms in total. The van der Waals surface area contributed by atoms with Crippen molar-refractivity contribution in [3.05, 3.63) is 11.1 Å². The number of nitrogens with zero attached hydrogens (tertiary/aromatic N) is 1. The predicted molar refractivity (Wildman–Crippen MR) is 66.2 cm³/mol. The first kappa shape index (κ1) is 13.6. The first-order valence-corrected chi connectivity index (χ1v) is 6.31. The molecule has 6 heteroatoms. The Morgan fingerprint density at radius 3 is 2.82 bits per heavy atom. The molecule has 0 saturated carbocycles. The third-order valence-electron chi connectivity index (χ3n) is 2.08. The van der Waals surface area contributed by atoms with Gasteiger partial charge in [0.05, 0.1) is 12.1 Å². The van der Waals surface area contributed by atoms with Crippen LogP contribution in [0.25, 0.3) is 0 Å². The smallest absolute Gasteiger partial charge is 0.309 e. The number of aromatic nitrogens is 1. The number of carbonyl (C=O) groups excluding carboxylic acids is 1. The Morgan fingerprint density at radius 2 is 2.24 bits per heavy atom. The molecule has 2 N–H and O–H groups in total. The molecular formula is C11H16N2O3S. The van der Waals surface area contributed by atoms with Gasteiger partial charge in [0, 0.05) is 11.8 Å². The van der Waals surface area contributed by atoms with Gasteiger partial charge in [-0.3, -0.25) is 9.59 Å². The molecule has 0 fully saturated rings. The molecule has 0 radical (unpaired) electrons. The Bertz CT molecular complexity index is 401. The van der Waals surface area contributed by atoms with Gasteiger partial charge in [-0.1, -0.05) is 13.8 Å². The van der Waals surface area contributed by atoms with E-state index in [0.29, 0.717) is 23.2 Å². The minimum Gasteiger partial charge on any atom is -0.481 e. The number of thiazole rings is 1. The lowest BCUT2D eigenvalue weighted by atomic mass is 10.1. The zero-order chi connectivity index (χ0) is 12.8. The van der Waals surface area contributed by atoms with Crippen molar-refractivity contribution in [1.29, 1.82) is 0 Å². The van der Waals surface area contributed by atoms with Crippen LogP contribution in [0, 0.1) is 5.92 Å². The van der Waals surface area contributed by atoms with E-state index < -0.39 is 5.97 Å². The van der Waals surface area contributed by atoms with E-state index >= 15 is 0 Å². The van der Waals surface area contributed by atoms with E-state index in [1.54, 1.807) is 5.38 Å². The highest BCUT2D eigenvalue weighted by atomic mass is 32.1. The SMILES string of the molecule is CC(C)CCC(=O)Nc1nc(CC(=O)O)cs1. The molecule has 0 aliphatic carbocycles. The van der Waals surface area contributed by atoms with E-state index in [1.165, 1.54) is 11.3 Å². The second-order valence-corrected chi connectivity index (χ2v) is 5.05. The van der Waals surface area contributed by atoms with Gasteiger partial charge >= 0.3 is 5.97 Å². The lowest BCUT2D eigenvalue weighted by molar-refractivity contribution is -0.136. The highest BCUT2D eigenvalue weighted by Gasteiger charge is 2.09. The summed E-state index contributed by atoms with van der Waals surface area (Å²) in [6.45, 7) is 4.11. The number of amides is 1. The van der Waals surface area contributed by atoms with E-state index in [4.69, 9.17) is 5.11 Å². The fraction of sp³-hybridized carbons (Fsp3) is 0.545. The fourth-order valence-corrected chi connectivity index (χ4v) is 1.93. The van der Waals surface area contributed by atoms with Crippen LogP contribution in [0.1, 0.15) is 32.4 Å². The summed E-state index contributed by atoms with van der Waals surface area (Å²) in [7, 11) is 0. The minimum absolute atomic E-state index is 0.0741. The number of carbonyl (C=O) groups is 2. The van der Waals surface area contributed by atoms with Gasteiger partial charge in [0.1, 0.15) is 0 Å². The maximum absolute atomic E-state index is 11.5.